The maximum Gasteiger partial charge on any atom is 0.243 e. The van der Waals surface area contributed by atoms with Gasteiger partial charge in [0.25, 0.3) is 0 Å². The molecule has 0 saturated carbocycles. The Hall–Kier alpha value is -1.21. The zero-order chi connectivity index (χ0) is 14.3. The molecule has 108 valence electrons. The monoisotopic (exact) mass is 286 g/mol. The summed E-state index contributed by atoms with van der Waals surface area (Å²) in [5, 5.41) is 2.74. The van der Waals surface area contributed by atoms with Gasteiger partial charge >= 0.3 is 0 Å². The van der Waals surface area contributed by atoms with Gasteiger partial charge in [-0.15, -0.1) is 0 Å². The van der Waals surface area contributed by atoms with E-state index in [4.69, 9.17) is 0 Å². The van der Waals surface area contributed by atoms with Gasteiger partial charge in [0, 0.05) is 13.6 Å². The van der Waals surface area contributed by atoms with E-state index in [1.165, 1.54) is 12.4 Å². The van der Waals surface area contributed by atoms with E-state index in [2.05, 4.69) is 33.9 Å². The fourth-order valence-corrected chi connectivity index (χ4v) is 2.51. The molecule has 1 aromatic rings. The highest BCUT2D eigenvalue weighted by Gasteiger charge is 2.14. The average Bonchev–Trinajstić information content (AvgIpc) is 2.38. The van der Waals surface area contributed by atoms with Crippen LogP contribution in [0.5, 0.6) is 0 Å². The maximum atomic E-state index is 11.9. The molecule has 0 aromatic carbocycles. The van der Waals surface area contributed by atoms with Crippen LogP contribution in [0.25, 0.3) is 0 Å². The minimum atomic E-state index is -3.49. The number of sulfonamides is 1. The van der Waals surface area contributed by atoms with Crippen molar-refractivity contribution in [1.29, 1.82) is 0 Å². The van der Waals surface area contributed by atoms with Crippen molar-refractivity contribution in [3.8, 4) is 0 Å². The standard InChI is InChI=1S/C12H22N4O2S/c1-10(2)6-4-5-7-16-19(17,18)11-8-14-12(13-3)15-9-11/h8-10,16H,4-7H2,1-3H3,(H,13,14,15). The molecule has 0 atom stereocenters. The summed E-state index contributed by atoms with van der Waals surface area (Å²) in [7, 11) is -1.81. The molecule has 0 amide bonds. The summed E-state index contributed by atoms with van der Waals surface area (Å²) < 4.78 is 26.4. The van der Waals surface area contributed by atoms with Crippen LogP contribution >= 0.6 is 0 Å². The van der Waals surface area contributed by atoms with Gasteiger partial charge in [-0.1, -0.05) is 26.7 Å². The first-order chi connectivity index (χ1) is 8.95. The Morgan fingerprint density at radius 1 is 1.21 bits per heavy atom. The first-order valence-corrected chi connectivity index (χ1v) is 7.93. The number of nitrogens with zero attached hydrogens (tertiary/aromatic N) is 2. The molecule has 0 aliphatic rings. The van der Waals surface area contributed by atoms with Gasteiger partial charge in [-0.2, -0.15) is 0 Å². The van der Waals surface area contributed by atoms with Crippen molar-refractivity contribution >= 4 is 16.0 Å². The van der Waals surface area contributed by atoms with Gasteiger partial charge in [-0.3, -0.25) is 0 Å². The molecule has 0 bridgehead atoms. The second kappa shape index (κ2) is 7.40. The van der Waals surface area contributed by atoms with Crippen LogP contribution in [0.3, 0.4) is 0 Å². The fourth-order valence-electron chi connectivity index (χ4n) is 1.55. The number of anilines is 1. The van der Waals surface area contributed by atoms with Crippen molar-refractivity contribution in [3.05, 3.63) is 12.4 Å². The lowest BCUT2D eigenvalue weighted by Gasteiger charge is -2.07. The highest BCUT2D eigenvalue weighted by atomic mass is 32.2. The molecule has 0 spiro atoms. The van der Waals surface area contributed by atoms with Crippen molar-refractivity contribution in [2.24, 2.45) is 5.92 Å². The molecule has 0 saturated heterocycles. The number of nitrogens with one attached hydrogen (secondary N) is 2. The normalized spacial score (nSPS) is 11.8. The second-order valence-corrected chi connectivity index (χ2v) is 6.55. The van der Waals surface area contributed by atoms with Crippen LogP contribution in [0, 0.1) is 5.92 Å². The number of hydrogen-bond acceptors (Lipinski definition) is 5. The molecule has 6 nitrogen and oxygen atoms in total. The molecule has 0 radical (unpaired) electrons. The predicted octanol–water partition coefficient (Wildman–Crippen LogP) is 1.62. The Morgan fingerprint density at radius 2 is 1.84 bits per heavy atom. The molecule has 0 aliphatic heterocycles. The number of hydrogen-bond donors (Lipinski definition) is 2. The lowest BCUT2D eigenvalue weighted by molar-refractivity contribution is 0.530. The third-order valence-corrected chi connectivity index (χ3v) is 4.08. The Bertz CT molecular complexity index is 471. The fraction of sp³-hybridized carbons (Fsp3) is 0.667. The van der Waals surface area contributed by atoms with Gasteiger partial charge in [-0.25, -0.2) is 23.1 Å². The van der Waals surface area contributed by atoms with E-state index in [1.807, 2.05) is 0 Å². The Labute approximate surface area is 115 Å². The molecule has 1 heterocycles. The van der Waals surface area contributed by atoms with Crippen molar-refractivity contribution in [1.82, 2.24) is 14.7 Å². The summed E-state index contributed by atoms with van der Waals surface area (Å²) in [4.78, 5) is 7.87. The molecular formula is C12H22N4O2S. The summed E-state index contributed by atoms with van der Waals surface area (Å²) in [6.45, 7) is 4.76. The molecule has 1 aromatic heterocycles. The van der Waals surface area contributed by atoms with Crippen molar-refractivity contribution < 1.29 is 8.42 Å². The SMILES string of the molecule is CNc1ncc(S(=O)(=O)NCCCCC(C)C)cn1. The van der Waals surface area contributed by atoms with E-state index in [0.29, 0.717) is 18.4 Å². The first-order valence-electron chi connectivity index (χ1n) is 6.45. The first kappa shape index (κ1) is 15.8. The zero-order valence-electron chi connectivity index (χ0n) is 11.7. The van der Waals surface area contributed by atoms with Crippen LogP contribution in [0.4, 0.5) is 5.95 Å². The molecule has 0 fully saturated rings. The lowest BCUT2D eigenvalue weighted by Crippen LogP contribution is -2.25. The maximum absolute atomic E-state index is 11.9. The largest absolute Gasteiger partial charge is 0.357 e. The minimum absolute atomic E-state index is 0.0929. The van der Waals surface area contributed by atoms with E-state index >= 15 is 0 Å². The van der Waals surface area contributed by atoms with Crippen LogP contribution in [0.2, 0.25) is 0 Å². The van der Waals surface area contributed by atoms with E-state index in [-0.39, 0.29) is 4.90 Å². The molecule has 7 heteroatoms. The smallest absolute Gasteiger partial charge is 0.243 e. The van der Waals surface area contributed by atoms with Crippen LogP contribution in [0.15, 0.2) is 17.3 Å². The quantitative estimate of drug-likeness (QED) is 0.709. The molecule has 0 unspecified atom stereocenters. The van der Waals surface area contributed by atoms with Crippen molar-refractivity contribution in [3.63, 3.8) is 0 Å². The predicted molar refractivity (Wildman–Crippen MR) is 75.5 cm³/mol. The minimum Gasteiger partial charge on any atom is -0.357 e. The van der Waals surface area contributed by atoms with Crippen LogP contribution in [0.1, 0.15) is 33.1 Å². The Balaban J connectivity index is 2.46. The molecule has 19 heavy (non-hydrogen) atoms. The average molecular weight is 286 g/mol. The summed E-state index contributed by atoms with van der Waals surface area (Å²) in [5.74, 6) is 1.05. The van der Waals surface area contributed by atoms with Crippen LogP contribution in [-0.2, 0) is 10.0 Å². The Kier molecular flexibility index (Phi) is 6.17. The summed E-state index contributed by atoms with van der Waals surface area (Å²) >= 11 is 0. The number of unbranched alkanes of at least 4 members (excludes halogenated alkanes) is 1. The third-order valence-electron chi connectivity index (χ3n) is 2.66. The van der Waals surface area contributed by atoms with Gasteiger partial charge < -0.3 is 5.32 Å². The van der Waals surface area contributed by atoms with Gasteiger partial charge in [0.1, 0.15) is 4.90 Å². The van der Waals surface area contributed by atoms with Gasteiger partial charge in [0.05, 0.1) is 12.4 Å². The molecule has 1 rings (SSSR count). The highest BCUT2D eigenvalue weighted by Crippen LogP contribution is 2.08. The molecular weight excluding hydrogens is 264 g/mol. The number of aromatic nitrogens is 2. The van der Waals surface area contributed by atoms with E-state index in [9.17, 15) is 8.42 Å². The molecule has 2 N–H and O–H groups in total. The lowest BCUT2D eigenvalue weighted by atomic mass is 10.1. The van der Waals surface area contributed by atoms with E-state index in [1.54, 1.807) is 7.05 Å². The van der Waals surface area contributed by atoms with Gasteiger partial charge in [0.15, 0.2) is 0 Å². The summed E-state index contributed by atoms with van der Waals surface area (Å²) in [6.07, 6.45) is 5.58. The number of rotatable bonds is 8. The third kappa shape index (κ3) is 5.52. The van der Waals surface area contributed by atoms with Crippen molar-refractivity contribution in [2.75, 3.05) is 18.9 Å². The van der Waals surface area contributed by atoms with Gasteiger partial charge in [-0.05, 0) is 12.3 Å². The van der Waals surface area contributed by atoms with Crippen molar-refractivity contribution in [2.45, 2.75) is 38.0 Å². The topological polar surface area (TPSA) is 84.0 Å². The Morgan fingerprint density at radius 3 is 2.37 bits per heavy atom. The second-order valence-electron chi connectivity index (χ2n) is 4.78. The highest BCUT2D eigenvalue weighted by molar-refractivity contribution is 7.89. The van der Waals surface area contributed by atoms with Crippen LogP contribution < -0.4 is 10.0 Å². The summed E-state index contributed by atoms with van der Waals surface area (Å²) in [6, 6.07) is 0. The molecule has 0 aliphatic carbocycles. The van der Waals surface area contributed by atoms with Gasteiger partial charge in [0.2, 0.25) is 16.0 Å². The van der Waals surface area contributed by atoms with E-state index < -0.39 is 10.0 Å². The summed E-state index contributed by atoms with van der Waals surface area (Å²) in [5.41, 5.74) is 0. The van der Waals surface area contributed by atoms with Crippen LogP contribution in [-0.4, -0.2) is 32.0 Å². The van der Waals surface area contributed by atoms with E-state index in [0.717, 1.165) is 19.3 Å². The zero-order valence-corrected chi connectivity index (χ0v) is 12.5.